The van der Waals surface area contributed by atoms with Crippen LogP contribution in [0.2, 0.25) is 0 Å². The van der Waals surface area contributed by atoms with E-state index in [2.05, 4.69) is 5.32 Å². The highest BCUT2D eigenvalue weighted by Crippen LogP contribution is 2.25. The number of carbonyl (C=O) groups excluding carboxylic acids is 1. The third kappa shape index (κ3) is 4.16. The standard InChI is InChI=1S/C15H23N3O/c16-13-8-12(9-14(17)10-13)15(19)18-7-6-11-4-2-1-3-5-11/h8-11H,1-7,16-17H2,(H,18,19). The zero-order valence-corrected chi connectivity index (χ0v) is 11.3. The maximum absolute atomic E-state index is 12.0. The molecule has 1 aromatic rings. The monoisotopic (exact) mass is 261 g/mol. The first-order chi connectivity index (χ1) is 9.15. The van der Waals surface area contributed by atoms with Crippen molar-refractivity contribution in [2.75, 3.05) is 18.0 Å². The molecular weight excluding hydrogens is 238 g/mol. The Hall–Kier alpha value is -1.71. The van der Waals surface area contributed by atoms with Crippen LogP contribution in [0.15, 0.2) is 18.2 Å². The summed E-state index contributed by atoms with van der Waals surface area (Å²) >= 11 is 0. The molecule has 1 aliphatic carbocycles. The van der Waals surface area contributed by atoms with Gasteiger partial charge < -0.3 is 16.8 Å². The molecule has 0 radical (unpaired) electrons. The van der Waals surface area contributed by atoms with Gasteiger partial charge in [0.05, 0.1) is 0 Å². The van der Waals surface area contributed by atoms with E-state index in [-0.39, 0.29) is 5.91 Å². The van der Waals surface area contributed by atoms with Gasteiger partial charge in [-0.1, -0.05) is 32.1 Å². The van der Waals surface area contributed by atoms with Crippen molar-refractivity contribution >= 4 is 17.3 Å². The number of nitrogens with two attached hydrogens (primary N) is 2. The minimum atomic E-state index is -0.0881. The van der Waals surface area contributed by atoms with E-state index < -0.39 is 0 Å². The van der Waals surface area contributed by atoms with Crippen LogP contribution in [-0.2, 0) is 0 Å². The molecule has 0 unspecified atom stereocenters. The van der Waals surface area contributed by atoms with Crippen molar-refractivity contribution < 1.29 is 4.79 Å². The number of benzene rings is 1. The van der Waals surface area contributed by atoms with Gasteiger partial charge in [0.15, 0.2) is 0 Å². The number of nitrogens with one attached hydrogen (secondary N) is 1. The van der Waals surface area contributed by atoms with Crippen molar-refractivity contribution in [1.29, 1.82) is 0 Å². The Kier molecular flexibility index (Phi) is 4.66. The van der Waals surface area contributed by atoms with Gasteiger partial charge in [0.25, 0.3) is 5.91 Å². The molecule has 5 N–H and O–H groups in total. The first-order valence-electron chi connectivity index (χ1n) is 7.09. The van der Waals surface area contributed by atoms with E-state index in [1.165, 1.54) is 32.1 Å². The number of rotatable bonds is 4. The van der Waals surface area contributed by atoms with Gasteiger partial charge in [-0.05, 0) is 30.5 Å². The number of carbonyl (C=O) groups is 1. The minimum absolute atomic E-state index is 0.0881. The molecule has 1 fully saturated rings. The molecule has 4 nitrogen and oxygen atoms in total. The zero-order chi connectivity index (χ0) is 13.7. The molecule has 0 heterocycles. The fourth-order valence-electron chi connectivity index (χ4n) is 2.78. The fraction of sp³-hybridized carbons (Fsp3) is 0.533. The van der Waals surface area contributed by atoms with E-state index in [9.17, 15) is 4.79 Å². The molecule has 1 aliphatic rings. The number of anilines is 2. The van der Waals surface area contributed by atoms with Gasteiger partial charge in [-0.3, -0.25) is 4.79 Å². The average molecular weight is 261 g/mol. The smallest absolute Gasteiger partial charge is 0.251 e. The van der Waals surface area contributed by atoms with Gasteiger partial charge in [0, 0.05) is 23.5 Å². The molecule has 0 spiro atoms. The van der Waals surface area contributed by atoms with Crippen LogP contribution < -0.4 is 16.8 Å². The first kappa shape index (κ1) is 13.7. The molecule has 0 aliphatic heterocycles. The predicted molar refractivity (Wildman–Crippen MR) is 78.8 cm³/mol. The zero-order valence-electron chi connectivity index (χ0n) is 11.3. The molecule has 4 heteroatoms. The van der Waals surface area contributed by atoms with Crippen molar-refractivity contribution in [2.45, 2.75) is 38.5 Å². The van der Waals surface area contributed by atoms with E-state index in [0.29, 0.717) is 16.9 Å². The molecule has 19 heavy (non-hydrogen) atoms. The molecule has 0 atom stereocenters. The third-order valence-electron chi connectivity index (χ3n) is 3.80. The van der Waals surface area contributed by atoms with E-state index >= 15 is 0 Å². The maximum atomic E-state index is 12.0. The van der Waals surface area contributed by atoms with Crippen LogP contribution in [0.5, 0.6) is 0 Å². The molecule has 0 bridgehead atoms. The summed E-state index contributed by atoms with van der Waals surface area (Å²) in [5.74, 6) is 0.690. The quantitative estimate of drug-likeness (QED) is 0.728. The summed E-state index contributed by atoms with van der Waals surface area (Å²) < 4.78 is 0. The molecular formula is C15H23N3O. The molecule has 2 rings (SSSR count). The van der Waals surface area contributed by atoms with E-state index in [4.69, 9.17) is 11.5 Å². The minimum Gasteiger partial charge on any atom is -0.399 e. The number of nitrogen functional groups attached to an aromatic ring is 2. The topological polar surface area (TPSA) is 81.1 Å². The molecule has 1 saturated carbocycles. The second-order valence-corrected chi connectivity index (χ2v) is 5.44. The largest absolute Gasteiger partial charge is 0.399 e. The van der Waals surface area contributed by atoms with Gasteiger partial charge in [0.1, 0.15) is 0 Å². The normalized spacial score (nSPS) is 16.2. The molecule has 0 saturated heterocycles. The SMILES string of the molecule is Nc1cc(N)cc(C(=O)NCCC2CCCCC2)c1. The molecule has 0 aromatic heterocycles. The summed E-state index contributed by atoms with van der Waals surface area (Å²) in [7, 11) is 0. The van der Waals surface area contributed by atoms with Crippen molar-refractivity contribution in [2.24, 2.45) is 5.92 Å². The van der Waals surface area contributed by atoms with E-state index in [1.54, 1.807) is 18.2 Å². The van der Waals surface area contributed by atoms with E-state index in [1.807, 2.05) is 0 Å². The Morgan fingerprint density at radius 2 is 1.74 bits per heavy atom. The summed E-state index contributed by atoms with van der Waals surface area (Å²) in [4.78, 5) is 12.0. The summed E-state index contributed by atoms with van der Waals surface area (Å²) in [6.07, 6.45) is 7.73. The molecule has 104 valence electrons. The summed E-state index contributed by atoms with van der Waals surface area (Å²) in [6.45, 7) is 0.734. The highest BCUT2D eigenvalue weighted by Gasteiger charge is 2.13. The van der Waals surface area contributed by atoms with Crippen LogP contribution in [0.4, 0.5) is 11.4 Å². The fourth-order valence-corrected chi connectivity index (χ4v) is 2.78. The van der Waals surface area contributed by atoms with Crippen molar-refractivity contribution in [3.63, 3.8) is 0 Å². The van der Waals surface area contributed by atoms with Crippen LogP contribution in [0.25, 0.3) is 0 Å². The second kappa shape index (κ2) is 6.45. The third-order valence-corrected chi connectivity index (χ3v) is 3.80. The average Bonchev–Trinajstić information content (AvgIpc) is 2.38. The van der Waals surface area contributed by atoms with Gasteiger partial charge in [-0.2, -0.15) is 0 Å². The molecule has 1 amide bonds. The Balaban J connectivity index is 1.80. The summed E-state index contributed by atoms with van der Waals surface area (Å²) in [6, 6.07) is 4.97. The predicted octanol–water partition coefficient (Wildman–Crippen LogP) is 2.55. The Morgan fingerprint density at radius 1 is 1.11 bits per heavy atom. The van der Waals surface area contributed by atoms with Gasteiger partial charge in [-0.15, -0.1) is 0 Å². The van der Waals surface area contributed by atoms with Crippen LogP contribution in [0.3, 0.4) is 0 Å². The lowest BCUT2D eigenvalue weighted by molar-refractivity contribution is 0.0950. The van der Waals surface area contributed by atoms with Crippen molar-refractivity contribution in [3.05, 3.63) is 23.8 Å². The summed E-state index contributed by atoms with van der Waals surface area (Å²) in [5, 5.41) is 2.95. The highest BCUT2D eigenvalue weighted by atomic mass is 16.1. The molecule has 1 aromatic carbocycles. The lowest BCUT2D eigenvalue weighted by Gasteiger charge is -2.21. The number of amides is 1. The van der Waals surface area contributed by atoms with Gasteiger partial charge in [0.2, 0.25) is 0 Å². The van der Waals surface area contributed by atoms with Crippen molar-refractivity contribution in [3.8, 4) is 0 Å². The Labute approximate surface area is 114 Å². The van der Waals surface area contributed by atoms with Gasteiger partial charge in [-0.25, -0.2) is 0 Å². The van der Waals surface area contributed by atoms with E-state index in [0.717, 1.165) is 18.9 Å². The highest BCUT2D eigenvalue weighted by molar-refractivity contribution is 5.96. The number of hydrogen-bond acceptors (Lipinski definition) is 3. The van der Waals surface area contributed by atoms with Crippen molar-refractivity contribution in [1.82, 2.24) is 5.32 Å². The van der Waals surface area contributed by atoms with Gasteiger partial charge >= 0.3 is 0 Å². The first-order valence-corrected chi connectivity index (χ1v) is 7.09. The van der Waals surface area contributed by atoms with Crippen LogP contribution in [-0.4, -0.2) is 12.5 Å². The summed E-state index contributed by atoms with van der Waals surface area (Å²) in [5.41, 5.74) is 13.0. The second-order valence-electron chi connectivity index (χ2n) is 5.44. The maximum Gasteiger partial charge on any atom is 0.251 e. The van der Waals surface area contributed by atoms with Crippen LogP contribution >= 0.6 is 0 Å². The van der Waals surface area contributed by atoms with Crippen LogP contribution in [0, 0.1) is 5.92 Å². The lowest BCUT2D eigenvalue weighted by atomic mass is 9.87. The lowest BCUT2D eigenvalue weighted by Crippen LogP contribution is -2.26. The van der Waals surface area contributed by atoms with Crippen LogP contribution in [0.1, 0.15) is 48.9 Å². The Bertz CT molecular complexity index is 419. The Morgan fingerprint density at radius 3 is 2.37 bits per heavy atom. The number of hydrogen-bond donors (Lipinski definition) is 3.